The molecule has 2 heterocycles. The highest BCUT2D eigenvalue weighted by atomic mass is 127. The zero-order chi connectivity index (χ0) is 22.2. The average Bonchev–Trinajstić information content (AvgIpc) is 3.50. The molecular weight excluding hydrogens is 529 g/mol. The molecule has 3 aliphatic rings. The number of halogens is 1. The SMILES string of the molecule is CCNC(=NCc1ccnc(OC2CCCC2)c1)NC1CCN(C(=O)C2CCCCC2)C1.I. The van der Waals surface area contributed by atoms with Crippen molar-refractivity contribution in [2.45, 2.75) is 89.8 Å². The summed E-state index contributed by atoms with van der Waals surface area (Å²) in [6, 6.07) is 4.25. The fourth-order valence-electron chi connectivity index (χ4n) is 5.16. The summed E-state index contributed by atoms with van der Waals surface area (Å²) in [5.74, 6) is 2.12. The maximum atomic E-state index is 12.9. The van der Waals surface area contributed by atoms with Gasteiger partial charge in [-0.25, -0.2) is 9.98 Å². The third-order valence-corrected chi connectivity index (χ3v) is 6.95. The standard InChI is InChI=1S/C25H39N5O2.HI/c1-2-26-25(28-17-19-12-14-27-23(16-19)32-22-10-6-7-11-22)29-21-13-15-30(18-21)24(31)20-8-4-3-5-9-20;/h12,14,16,20-22H,2-11,13,15,17-18H2,1H3,(H2,26,28,29);1H. The molecule has 1 unspecified atom stereocenters. The Morgan fingerprint density at radius 1 is 1.15 bits per heavy atom. The second-order valence-electron chi connectivity index (χ2n) is 9.47. The van der Waals surface area contributed by atoms with Gasteiger partial charge in [0.05, 0.1) is 6.54 Å². The lowest BCUT2D eigenvalue weighted by Gasteiger charge is -2.26. The molecule has 2 aliphatic carbocycles. The summed E-state index contributed by atoms with van der Waals surface area (Å²) in [6.07, 6.45) is 13.6. The molecule has 0 aromatic carbocycles. The highest BCUT2D eigenvalue weighted by Crippen LogP contribution is 2.27. The molecule has 1 amide bonds. The van der Waals surface area contributed by atoms with Gasteiger partial charge in [-0.2, -0.15) is 0 Å². The lowest BCUT2D eigenvalue weighted by molar-refractivity contribution is -0.135. The smallest absolute Gasteiger partial charge is 0.225 e. The Morgan fingerprint density at radius 3 is 2.67 bits per heavy atom. The molecule has 184 valence electrons. The molecule has 1 saturated heterocycles. The minimum absolute atomic E-state index is 0. The van der Waals surface area contributed by atoms with Crippen molar-refractivity contribution in [2.24, 2.45) is 10.9 Å². The Hall–Kier alpha value is -1.58. The summed E-state index contributed by atoms with van der Waals surface area (Å²) < 4.78 is 6.03. The number of hydrogen-bond acceptors (Lipinski definition) is 4. The van der Waals surface area contributed by atoms with Gasteiger partial charge in [-0.15, -0.1) is 24.0 Å². The Kier molecular flexibility index (Phi) is 10.5. The van der Waals surface area contributed by atoms with Gasteiger partial charge in [0.25, 0.3) is 0 Å². The first-order chi connectivity index (χ1) is 15.7. The van der Waals surface area contributed by atoms with Gasteiger partial charge in [0, 0.05) is 43.9 Å². The number of likely N-dealkylation sites (tertiary alicyclic amines) is 1. The lowest BCUT2D eigenvalue weighted by atomic mass is 9.88. The van der Waals surface area contributed by atoms with E-state index >= 15 is 0 Å². The third kappa shape index (κ3) is 7.72. The Labute approximate surface area is 215 Å². The van der Waals surface area contributed by atoms with Crippen molar-refractivity contribution in [3.63, 3.8) is 0 Å². The largest absolute Gasteiger partial charge is 0.474 e. The first-order valence-electron chi connectivity index (χ1n) is 12.7. The van der Waals surface area contributed by atoms with Gasteiger partial charge in [0.1, 0.15) is 6.10 Å². The second-order valence-corrected chi connectivity index (χ2v) is 9.47. The Balaban J connectivity index is 0.00000306. The topological polar surface area (TPSA) is 78.9 Å². The van der Waals surface area contributed by atoms with Gasteiger partial charge in [-0.3, -0.25) is 4.79 Å². The number of pyridine rings is 1. The van der Waals surface area contributed by atoms with Crippen LogP contribution >= 0.6 is 24.0 Å². The number of carbonyl (C=O) groups is 1. The van der Waals surface area contributed by atoms with E-state index in [4.69, 9.17) is 9.73 Å². The highest BCUT2D eigenvalue weighted by Gasteiger charge is 2.31. The zero-order valence-electron chi connectivity index (χ0n) is 19.9. The number of aliphatic imine (C=N–C) groups is 1. The van der Waals surface area contributed by atoms with E-state index in [-0.39, 0.29) is 35.9 Å². The van der Waals surface area contributed by atoms with Crippen molar-refractivity contribution >= 4 is 35.8 Å². The number of nitrogens with zero attached hydrogens (tertiary/aromatic N) is 3. The molecule has 4 rings (SSSR count). The normalized spacial score (nSPS) is 22.2. The van der Waals surface area contributed by atoms with Crippen LogP contribution in [0.2, 0.25) is 0 Å². The molecule has 2 N–H and O–H groups in total. The summed E-state index contributed by atoms with van der Waals surface area (Å²) >= 11 is 0. The van der Waals surface area contributed by atoms with Crippen LogP contribution in [0.25, 0.3) is 0 Å². The van der Waals surface area contributed by atoms with E-state index < -0.39 is 0 Å². The predicted molar refractivity (Wildman–Crippen MR) is 142 cm³/mol. The molecule has 1 aromatic rings. The molecular formula is C25H40IN5O2. The van der Waals surface area contributed by atoms with Gasteiger partial charge < -0.3 is 20.3 Å². The third-order valence-electron chi connectivity index (χ3n) is 6.95. The molecule has 0 radical (unpaired) electrons. The molecule has 1 aromatic heterocycles. The monoisotopic (exact) mass is 569 g/mol. The van der Waals surface area contributed by atoms with Crippen LogP contribution in [0.4, 0.5) is 0 Å². The molecule has 0 bridgehead atoms. The minimum atomic E-state index is 0. The number of ether oxygens (including phenoxy) is 1. The molecule has 0 spiro atoms. The molecule has 8 heteroatoms. The average molecular weight is 570 g/mol. The number of nitrogens with one attached hydrogen (secondary N) is 2. The van der Waals surface area contributed by atoms with Crippen LogP contribution in [0.5, 0.6) is 5.88 Å². The molecule has 2 saturated carbocycles. The summed E-state index contributed by atoms with van der Waals surface area (Å²) in [4.78, 5) is 24.1. The van der Waals surface area contributed by atoms with E-state index in [9.17, 15) is 4.79 Å². The maximum absolute atomic E-state index is 12.9. The first kappa shape index (κ1) is 26.0. The number of guanidine groups is 1. The van der Waals surface area contributed by atoms with Crippen molar-refractivity contribution in [2.75, 3.05) is 19.6 Å². The van der Waals surface area contributed by atoms with E-state index in [1.54, 1.807) is 6.20 Å². The summed E-state index contributed by atoms with van der Waals surface area (Å²) in [5, 5.41) is 6.90. The number of hydrogen-bond donors (Lipinski definition) is 2. The maximum Gasteiger partial charge on any atom is 0.225 e. The fourth-order valence-corrected chi connectivity index (χ4v) is 5.16. The highest BCUT2D eigenvalue weighted by molar-refractivity contribution is 14.0. The second kappa shape index (κ2) is 13.3. The molecule has 7 nitrogen and oxygen atoms in total. The van der Waals surface area contributed by atoms with Crippen molar-refractivity contribution < 1.29 is 9.53 Å². The van der Waals surface area contributed by atoms with Crippen LogP contribution < -0.4 is 15.4 Å². The van der Waals surface area contributed by atoms with Crippen molar-refractivity contribution in [1.82, 2.24) is 20.5 Å². The predicted octanol–water partition coefficient (Wildman–Crippen LogP) is 4.26. The minimum Gasteiger partial charge on any atom is -0.474 e. The van der Waals surface area contributed by atoms with Gasteiger partial charge in [-0.1, -0.05) is 19.3 Å². The summed E-state index contributed by atoms with van der Waals surface area (Å²) in [5.41, 5.74) is 1.09. The van der Waals surface area contributed by atoms with Crippen molar-refractivity contribution in [1.29, 1.82) is 0 Å². The van der Waals surface area contributed by atoms with Gasteiger partial charge >= 0.3 is 0 Å². The Bertz CT molecular complexity index is 778. The van der Waals surface area contributed by atoms with E-state index in [1.807, 2.05) is 12.1 Å². The van der Waals surface area contributed by atoms with Crippen LogP contribution in [0.3, 0.4) is 0 Å². The summed E-state index contributed by atoms with van der Waals surface area (Å²) in [6.45, 7) is 5.06. The molecule has 3 fully saturated rings. The quantitative estimate of drug-likeness (QED) is 0.292. The van der Waals surface area contributed by atoms with Crippen molar-refractivity contribution in [3.8, 4) is 5.88 Å². The number of rotatable bonds is 7. The van der Waals surface area contributed by atoms with Crippen LogP contribution in [0, 0.1) is 5.92 Å². The molecule has 33 heavy (non-hydrogen) atoms. The summed E-state index contributed by atoms with van der Waals surface area (Å²) in [7, 11) is 0. The van der Waals surface area contributed by atoms with E-state index in [1.165, 1.54) is 32.1 Å². The fraction of sp³-hybridized carbons (Fsp3) is 0.720. The first-order valence-corrected chi connectivity index (χ1v) is 12.7. The van der Waals surface area contributed by atoms with Crippen LogP contribution in [0.15, 0.2) is 23.3 Å². The van der Waals surface area contributed by atoms with E-state index in [0.29, 0.717) is 24.4 Å². The van der Waals surface area contributed by atoms with Crippen LogP contribution in [-0.2, 0) is 11.3 Å². The van der Waals surface area contributed by atoms with Crippen LogP contribution in [0.1, 0.15) is 76.7 Å². The van der Waals surface area contributed by atoms with Gasteiger partial charge in [0.15, 0.2) is 5.96 Å². The molecule has 1 atom stereocenters. The number of amides is 1. The van der Waals surface area contributed by atoms with E-state index in [0.717, 1.165) is 63.3 Å². The van der Waals surface area contributed by atoms with Crippen LogP contribution in [-0.4, -0.2) is 53.5 Å². The van der Waals surface area contributed by atoms with Gasteiger partial charge in [0.2, 0.25) is 11.8 Å². The van der Waals surface area contributed by atoms with Crippen molar-refractivity contribution in [3.05, 3.63) is 23.9 Å². The molecule has 1 aliphatic heterocycles. The lowest BCUT2D eigenvalue weighted by Crippen LogP contribution is -2.45. The van der Waals surface area contributed by atoms with Gasteiger partial charge in [-0.05, 0) is 63.5 Å². The van der Waals surface area contributed by atoms with E-state index in [2.05, 4.69) is 27.4 Å². The zero-order valence-corrected chi connectivity index (χ0v) is 22.3. The number of aromatic nitrogens is 1. The Morgan fingerprint density at radius 2 is 1.91 bits per heavy atom. The number of carbonyl (C=O) groups excluding carboxylic acids is 1.